The third-order valence-corrected chi connectivity index (χ3v) is 4.00. The van der Waals surface area contributed by atoms with Gasteiger partial charge in [-0.15, -0.1) is 0 Å². The first-order valence-electron chi connectivity index (χ1n) is 7.74. The summed E-state index contributed by atoms with van der Waals surface area (Å²) in [5.74, 6) is 0.444. The molecule has 1 saturated heterocycles. The maximum atomic E-state index is 12.6. The van der Waals surface area contributed by atoms with Crippen molar-refractivity contribution in [3.05, 3.63) is 12.2 Å². The van der Waals surface area contributed by atoms with Gasteiger partial charge in [0.15, 0.2) is 0 Å². The van der Waals surface area contributed by atoms with Crippen LogP contribution in [0.4, 0.5) is 0 Å². The molecule has 1 N–H and O–H groups in total. The summed E-state index contributed by atoms with van der Waals surface area (Å²) in [5.41, 5.74) is 0.953. The molecule has 2 amide bonds. The fraction of sp³-hybridized carbons (Fsp3) is 0.750. The molecule has 5 heteroatoms. The van der Waals surface area contributed by atoms with Crippen LogP contribution in [0.5, 0.6) is 0 Å². The van der Waals surface area contributed by atoms with Crippen molar-refractivity contribution < 1.29 is 14.3 Å². The topological polar surface area (TPSA) is 58.6 Å². The number of carbonyl (C=O) groups excluding carboxylic acids is 2. The lowest BCUT2D eigenvalue weighted by Gasteiger charge is -2.41. The number of amides is 2. The Morgan fingerprint density at radius 2 is 2.10 bits per heavy atom. The normalized spacial score (nSPS) is 26.2. The second-order valence-corrected chi connectivity index (χ2v) is 6.55. The lowest BCUT2D eigenvalue weighted by atomic mass is 9.95. The Morgan fingerprint density at radius 1 is 1.43 bits per heavy atom. The first kappa shape index (κ1) is 16.0. The highest BCUT2D eigenvalue weighted by Gasteiger charge is 2.47. The van der Waals surface area contributed by atoms with Gasteiger partial charge in [0.05, 0.1) is 13.2 Å². The highest BCUT2D eigenvalue weighted by molar-refractivity contribution is 5.97. The molecule has 0 radical (unpaired) electrons. The standard InChI is InChI=1S/C16H26N2O3/c1-10(2)9-21-8-7-18-14(11(3)4)15(19)17-13(16(18)20)12-5-6-12/h11-14H,1,5-9H2,2-4H3,(H,17,19). The molecule has 1 heterocycles. The summed E-state index contributed by atoms with van der Waals surface area (Å²) in [5, 5.41) is 2.91. The highest BCUT2D eigenvalue weighted by atomic mass is 16.5. The third kappa shape index (κ3) is 3.84. The molecule has 0 bridgehead atoms. The molecule has 1 aliphatic heterocycles. The maximum Gasteiger partial charge on any atom is 0.246 e. The van der Waals surface area contributed by atoms with Gasteiger partial charge in [0.2, 0.25) is 11.8 Å². The number of nitrogens with one attached hydrogen (secondary N) is 1. The molecule has 2 atom stereocenters. The van der Waals surface area contributed by atoms with Gasteiger partial charge in [-0.3, -0.25) is 9.59 Å². The number of nitrogens with zero attached hydrogens (tertiary/aromatic N) is 1. The largest absolute Gasteiger partial charge is 0.375 e. The minimum absolute atomic E-state index is 0.0265. The van der Waals surface area contributed by atoms with Crippen molar-refractivity contribution >= 4 is 11.8 Å². The zero-order chi connectivity index (χ0) is 15.6. The third-order valence-electron chi connectivity index (χ3n) is 4.00. The molecule has 21 heavy (non-hydrogen) atoms. The summed E-state index contributed by atoms with van der Waals surface area (Å²) in [6.45, 7) is 11.0. The Bertz CT molecular complexity index is 429. The Hall–Kier alpha value is -1.36. The minimum Gasteiger partial charge on any atom is -0.375 e. The van der Waals surface area contributed by atoms with Crippen molar-refractivity contribution in [1.29, 1.82) is 0 Å². The van der Waals surface area contributed by atoms with Crippen LogP contribution in [0, 0.1) is 11.8 Å². The van der Waals surface area contributed by atoms with Gasteiger partial charge in [0.25, 0.3) is 0 Å². The molecular formula is C16H26N2O3. The Labute approximate surface area is 126 Å². The van der Waals surface area contributed by atoms with Crippen LogP contribution in [0.25, 0.3) is 0 Å². The van der Waals surface area contributed by atoms with E-state index in [2.05, 4.69) is 11.9 Å². The van der Waals surface area contributed by atoms with Crippen LogP contribution in [0.1, 0.15) is 33.6 Å². The first-order valence-corrected chi connectivity index (χ1v) is 7.74. The van der Waals surface area contributed by atoms with Crippen molar-refractivity contribution in [2.75, 3.05) is 19.8 Å². The maximum absolute atomic E-state index is 12.6. The Morgan fingerprint density at radius 3 is 2.62 bits per heavy atom. The van der Waals surface area contributed by atoms with Crippen LogP contribution in [-0.4, -0.2) is 48.6 Å². The molecular weight excluding hydrogens is 268 g/mol. The van der Waals surface area contributed by atoms with Gasteiger partial charge in [-0.2, -0.15) is 0 Å². The van der Waals surface area contributed by atoms with Crippen LogP contribution in [0.3, 0.4) is 0 Å². The summed E-state index contributed by atoms with van der Waals surface area (Å²) in [6, 6.07) is -0.713. The summed E-state index contributed by atoms with van der Waals surface area (Å²) < 4.78 is 5.50. The van der Waals surface area contributed by atoms with Gasteiger partial charge in [-0.1, -0.05) is 26.0 Å². The minimum atomic E-state index is -0.388. The molecule has 2 rings (SSSR count). The van der Waals surface area contributed by atoms with E-state index in [0.717, 1.165) is 18.4 Å². The van der Waals surface area contributed by atoms with Gasteiger partial charge >= 0.3 is 0 Å². The zero-order valence-corrected chi connectivity index (χ0v) is 13.2. The summed E-state index contributed by atoms with van der Waals surface area (Å²) in [7, 11) is 0. The molecule has 1 aliphatic carbocycles. The van der Waals surface area contributed by atoms with E-state index in [-0.39, 0.29) is 29.8 Å². The van der Waals surface area contributed by atoms with E-state index in [1.165, 1.54) is 0 Å². The summed E-state index contributed by atoms with van der Waals surface area (Å²) in [4.78, 5) is 26.7. The van der Waals surface area contributed by atoms with E-state index in [4.69, 9.17) is 4.74 Å². The quantitative estimate of drug-likeness (QED) is 0.569. The molecule has 2 aliphatic rings. The van der Waals surface area contributed by atoms with Crippen LogP contribution in [0.2, 0.25) is 0 Å². The Balaban J connectivity index is 2.01. The smallest absolute Gasteiger partial charge is 0.246 e. The lowest BCUT2D eigenvalue weighted by molar-refractivity contribution is -0.152. The summed E-state index contributed by atoms with van der Waals surface area (Å²) >= 11 is 0. The van der Waals surface area contributed by atoms with Crippen LogP contribution >= 0.6 is 0 Å². The molecule has 0 aromatic rings. The van der Waals surface area contributed by atoms with Gasteiger partial charge in [-0.05, 0) is 31.6 Å². The number of hydrogen-bond donors (Lipinski definition) is 1. The second-order valence-electron chi connectivity index (χ2n) is 6.55. The SMILES string of the molecule is C=C(C)COCCN1C(=O)C(C2CC2)NC(=O)C1C(C)C. The van der Waals surface area contributed by atoms with Crippen LogP contribution in [0.15, 0.2) is 12.2 Å². The first-order chi connectivity index (χ1) is 9.91. The number of carbonyl (C=O) groups is 2. The van der Waals surface area contributed by atoms with E-state index in [1.54, 1.807) is 4.90 Å². The van der Waals surface area contributed by atoms with E-state index in [1.807, 2.05) is 20.8 Å². The molecule has 0 aromatic heterocycles. The molecule has 118 valence electrons. The van der Waals surface area contributed by atoms with Crippen LogP contribution < -0.4 is 5.32 Å². The highest BCUT2D eigenvalue weighted by Crippen LogP contribution is 2.35. The number of hydrogen-bond acceptors (Lipinski definition) is 3. The van der Waals surface area contributed by atoms with Gasteiger partial charge < -0.3 is 15.0 Å². The number of ether oxygens (including phenoxy) is 1. The fourth-order valence-corrected chi connectivity index (χ4v) is 2.83. The van der Waals surface area contributed by atoms with E-state index in [0.29, 0.717) is 25.7 Å². The molecule has 0 aromatic carbocycles. The van der Waals surface area contributed by atoms with Crippen molar-refractivity contribution in [2.24, 2.45) is 11.8 Å². The average Bonchev–Trinajstić information content (AvgIpc) is 3.21. The molecule has 1 saturated carbocycles. The van der Waals surface area contributed by atoms with Gasteiger partial charge in [0, 0.05) is 6.54 Å². The second kappa shape index (κ2) is 6.60. The van der Waals surface area contributed by atoms with E-state index in [9.17, 15) is 9.59 Å². The monoisotopic (exact) mass is 294 g/mol. The van der Waals surface area contributed by atoms with E-state index < -0.39 is 0 Å². The zero-order valence-electron chi connectivity index (χ0n) is 13.2. The van der Waals surface area contributed by atoms with E-state index >= 15 is 0 Å². The van der Waals surface area contributed by atoms with Crippen molar-refractivity contribution in [1.82, 2.24) is 10.2 Å². The molecule has 2 unspecified atom stereocenters. The Kier molecular flexibility index (Phi) is 5.04. The lowest BCUT2D eigenvalue weighted by Crippen LogP contribution is -2.65. The predicted molar refractivity (Wildman–Crippen MR) is 80.6 cm³/mol. The summed E-state index contributed by atoms with van der Waals surface area (Å²) in [6.07, 6.45) is 2.06. The molecule has 0 spiro atoms. The average molecular weight is 294 g/mol. The van der Waals surface area contributed by atoms with Crippen molar-refractivity contribution in [3.8, 4) is 0 Å². The van der Waals surface area contributed by atoms with Gasteiger partial charge in [-0.25, -0.2) is 0 Å². The van der Waals surface area contributed by atoms with Crippen molar-refractivity contribution in [3.63, 3.8) is 0 Å². The fourth-order valence-electron chi connectivity index (χ4n) is 2.83. The van der Waals surface area contributed by atoms with Gasteiger partial charge in [0.1, 0.15) is 12.1 Å². The molecule has 2 fully saturated rings. The predicted octanol–water partition coefficient (Wildman–Crippen LogP) is 1.34. The van der Waals surface area contributed by atoms with Crippen LogP contribution in [-0.2, 0) is 14.3 Å². The molecule has 5 nitrogen and oxygen atoms in total. The van der Waals surface area contributed by atoms with Crippen molar-refractivity contribution in [2.45, 2.75) is 45.7 Å². The number of piperazine rings is 1. The number of rotatable bonds is 7.